The van der Waals surface area contributed by atoms with Crippen molar-refractivity contribution in [1.82, 2.24) is 5.32 Å². The van der Waals surface area contributed by atoms with E-state index in [1.165, 1.54) is 0 Å². The highest BCUT2D eigenvalue weighted by atomic mass is 16.5. The van der Waals surface area contributed by atoms with Crippen LogP contribution in [0.25, 0.3) is 0 Å². The molecule has 3 nitrogen and oxygen atoms in total. The maximum absolute atomic E-state index is 5.47. The van der Waals surface area contributed by atoms with Gasteiger partial charge in [0.25, 0.3) is 0 Å². The molecule has 0 aromatic heterocycles. The molecule has 70 valence electrons. The highest BCUT2D eigenvalue weighted by Gasteiger charge is 2.27. The molecular weight excluding hydrogens is 154 g/mol. The van der Waals surface area contributed by atoms with E-state index >= 15 is 0 Å². The smallest absolute Gasteiger partial charge is 0.0700 e. The normalized spacial score (nSPS) is 42.2. The Bertz CT molecular complexity index is 145. The van der Waals surface area contributed by atoms with Crippen LogP contribution < -0.4 is 5.32 Å². The number of hydrogen-bond acceptors (Lipinski definition) is 3. The van der Waals surface area contributed by atoms with Gasteiger partial charge < -0.3 is 14.8 Å². The Morgan fingerprint density at radius 2 is 2.17 bits per heavy atom. The van der Waals surface area contributed by atoms with Crippen molar-refractivity contribution in [3.05, 3.63) is 0 Å². The van der Waals surface area contributed by atoms with Crippen LogP contribution in [0.3, 0.4) is 0 Å². The molecule has 3 heteroatoms. The van der Waals surface area contributed by atoms with Crippen LogP contribution in [0.15, 0.2) is 0 Å². The molecule has 1 unspecified atom stereocenters. The van der Waals surface area contributed by atoms with Crippen LogP contribution in [-0.2, 0) is 9.47 Å². The SMILES string of the molecule is C[C@H]1OCC[C@H]1NC1CCOC1. The van der Waals surface area contributed by atoms with Gasteiger partial charge in [0.1, 0.15) is 0 Å². The van der Waals surface area contributed by atoms with Crippen molar-refractivity contribution in [2.24, 2.45) is 0 Å². The first kappa shape index (κ1) is 8.48. The van der Waals surface area contributed by atoms with Gasteiger partial charge in [0.2, 0.25) is 0 Å². The third kappa shape index (κ3) is 1.79. The van der Waals surface area contributed by atoms with Gasteiger partial charge >= 0.3 is 0 Å². The van der Waals surface area contributed by atoms with E-state index in [-0.39, 0.29) is 0 Å². The summed E-state index contributed by atoms with van der Waals surface area (Å²) in [5.41, 5.74) is 0. The van der Waals surface area contributed by atoms with Crippen LogP contribution in [0.1, 0.15) is 19.8 Å². The highest BCUT2D eigenvalue weighted by molar-refractivity contribution is 4.84. The second-order valence-corrected chi connectivity index (χ2v) is 3.70. The predicted octanol–water partition coefficient (Wildman–Crippen LogP) is 0.542. The first-order valence-corrected chi connectivity index (χ1v) is 4.81. The van der Waals surface area contributed by atoms with Gasteiger partial charge in [-0.25, -0.2) is 0 Å². The Kier molecular flexibility index (Phi) is 2.63. The van der Waals surface area contributed by atoms with Crippen LogP contribution in [0, 0.1) is 0 Å². The van der Waals surface area contributed by atoms with Crippen LogP contribution in [-0.4, -0.2) is 38.0 Å². The third-order valence-electron chi connectivity index (χ3n) is 2.76. The van der Waals surface area contributed by atoms with E-state index in [0.29, 0.717) is 18.2 Å². The summed E-state index contributed by atoms with van der Waals surface area (Å²) in [5.74, 6) is 0. The van der Waals surface area contributed by atoms with Crippen LogP contribution in [0.5, 0.6) is 0 Å². The lowest BCUT2D eigenvalue weighted by Crippen LogP contribution is -2.42. The zero-order valence-corrected chi connectivity index (χ0v) is 7.58. The first-order chi connectivity index (χ1) is 5.86. The Morgan fingerprint density at radius 1 is 1.25 bits per heavy atom. The van der Waals surface area contributed by atoms with E-state index in [9.17, 15) is 0 Å². The van der Waals surface area contributed by atoms with Gasteiger partial charge in [-0.1, -0.05) is 0 Å². The van der Waals surface area contributed by atoms with Crippen molar-refractivity contribution in [3.63, 3.8) is 0 Å². The fraction of sp³-hybridized carbons (Fsp3) is 1.00. The standard InChI is InChI=1S/C9H17NO2/c1-7-9(3-5-12-7)10-8-2-4-11-6-8/h7-10H,2-6H2,1H3/t7-,8?,9-/m1/s1. The maximum Gasteiger partial charge on any atom is 0.0700 e. The van der Waals surface area contributed by atoms with Gasteiger partial charge in [-0.3, -0.25) is 0 Å². The van der Waals surface area contributed by atoms with Gasteiger partial charge in [0, 0.05) is 25.3 Å². The summed E-state index contributed by atoms with van der Waals surface area (Å²) in [4.78, 5) is 0. The molecule has 1 N–H and O–H groups in total. The first-order valence-electron chi connectivity index (χ1n) is 4.81. The number of nitrogens with one attached hydrogen (secondary N) is 1. The summed E-state index contributed by atoms with van der Waals surface area (Å²) in [6.45, 7) is 4.84. The monoisotopic (exact) mass is 171 g/mol. The van der Waals surface area contributed by atoms with Crippen molar-refractivity contribution >= 4 is 0 Å². The molecule has 3 atom stereocenters. The Hall–Kier alpha value is -0.120. The minimum Gasteiger partial charge on any atom is -0.380 e. The molecule has 2 aliphatic rings. The Morgan fingerprint density at radius 3 is 2.75 bits per heavy atom. The molecular formula is C9H17NO2. The second-order valence-electron chi connectivity index (χ2n) is 3.70. The minimum absolute atomic E-state index is 0.380. The molecule has 0 aliphatic carbocycles. The molecule has 0 saturated carbocycles. The van der Waals surface area contributed by atoms with Crippen molar-refractivity contribution < 1.29 is 9.47 Å². The lowest BCUT2D eigenvalue weighted by atomic mass is 10.1. The molecule has 2 fully saturated rings. The number of ether oxygens (including phenoxy) is 2. The zero-order valence-electron chi connectivity index (χ0n) is 7.58. The van der Waals surface area contributed by atoms with Gasteiger partial charge in [-0.05, 0) is 19.8 Å². The summed E-state index contributed by atoms with van der Waals surface area (Å²) in [7, 11) is 0. The van der Waals surface area contributed by atoms with Gasteiger partial charge in [0.05, 0.1) is 12.7 Å². The summed E-state index contributed by atoms with van der Waals surface area (Å²) in [5, 5.41) is 3.58. The van der Waals surface area contributed by atoms with Gasteiger partial charge in [0.15, 0.2) is 0 Å². The molecule has 0 radical (unpaired) electrons. The van der Waals surface area contributed by atoms with E-state index in [4.69, 9.17) is 9.47 Å². The fourth-order valence-electron chi connectivity index (χ4n) is 1.92. The molecule has 12 heavy (non-hydrogen) atoms. The molecule has 2 heterocycles. The van der Waals surface area contributed by atoms with Crippen LogP contribution >= 0.6 is 0 Å². The summed E-state index contributed by atoms with van der Waals surface area (Å²) < 4.78 is 10.8. The van der Waals surface area contributed by atoms with Crippen molar-refractivity contribution in [3.8, 4) is 0 Å². The van der Waals surface area contributed by atoms with Crippen molar-refractivity contribution in [2.75, 3.05) is 19.8 Å². The summed E-state index contributed by atoms with van der Waals surface area (Å²) in [6, 6.07) is 1.12. The average Bonchev–Trinajstić information content (AvgIpc) is 2.65. The van der Waals surface area contributed by atoms with Gasteiger partial charge in [-0.15, -0.1) is 0 Å². The highest BCUT2D eigenvalue weighted by Crippen LogP contribution is 2.15. The lowest BCUT2D eigenvalue weighted by molar-refractivity contribution is 0.109. The molecule has 2 rings (SSSR count). The molecule has 2 aliphatic heterocycles. The minimum atomic E-state index is 0.380. The van der Waals surface area contributed by atoms with E-state index in [0.717, 1.165) is 32.7 Å². The molecule has 0 spiro atoms. The lowest BCUT2D eigenvalue weighted by Gasteiger charge is -2.19. The number of rotatable bonds is 2. The van der Waals surface area contributed by atoms with Crippen molar-refractivity contribution in [1.29, 1.82) is 0 Å². The zero-order chi connectivity index (χ0) is 8.39. The summed E-state index contributed by atoms with van der Waals surface area (Å²) >= 11 is 0. The predicted molar refractivity (Wildman–Crippen MR) is 46.2 cm³/mol. The largest absolute Gasteiger partial charge is 0.380 e. The molecule has 0 aromatic carbocycles. The van der Waals surface area contributed by atoms with E-state index in [1.54, 1.807) is 0 Å². The average molecular weight is 171 g/mol. The quantitative estimate of drug-likeness (QED) is 0.658. The molecule has 0 amide bonds. The van der Waals surface area contributed by atoms with E-state index < -0.39 is 0 Å². The number of hydrogen-bond donors (Lipinski definition) is 1. The second kappa shape index (κ2) is 3.73. The third-order valence-corrected chi connectivity index (χ3v) is 2.76. The van der Waals surface area contributed by atoms with E-state index in [2.05, 4.69) is 12.2 Å². The fourth-order valence-corrected chi connectivity index (χ4v) is 1.92. The topological polar surface area (TPSA) is 30.5 Å². The summed E-state index contributed by atoms with van der Waals surface area (Å²) in [6.07, 6.45) is 2.69. The molecule has 0 bridgehead atoms. The maximum atomic E-state index is 5.47. The molecule has 2 saturated heterocycles. The molecule has 0 aromatic rings. The van der Waals surface area contributed by atoms with Crippen LogP contribution in [0.2, 0.25) is 0 Å². The van der Waals surface area contributed by atoms with E-state index in [1.807, 2.05) is 0 Å². The van der Waals surface area contributed by atoms with Crippen molar-refractivity contribution in [2.45, 2.75) is 38.0 Å². The Labute approximate surface area is 73.4 Å². The van der Waals surface area contributed by atoms with Gasteiger partial charge in [-0.2, -0.15) is 0 Å². The van der Waals surface area contributed by atoms with Crippen LogP contribution in [0.4, 0.5) is 0 Å². The Balaban J connectivity index is 1.77.